The number of phenolic OH excluding ortho intramolecular Hbond substituents is 1. The molecule has 0 saturated heterocycles. The van der Waals surface area contributed by atoms with Crippen LogP contribution < -0.4 is 20.3 Å². The van der Waals surface area contributed by atoms with Gasteiger partial charge in [0.1, 0.15) is 17.2 Å². The minimum absolute atomic E-state index is 0.184. The number of carbonyl (C=O) groups excluding carboxylic acids is 1. The van der Waals surface area contributed by atoms with E-state index in [-0.39, 0.29) is 11.7 Å². The van der Waals surface area contributed by atoms with Crippen molar-refractivity contribution in [2.24, 2.45) is 0 Å². The molecule has 134 valence electrons. The molecule has 1 unspecified atom stereocenters. The van der Waals surface area contributed by atoms with Gasteiger partial charge in [-0.05, 0) is 36.8 Å². The van der Waals surface area contributed by atoms with Crippen LogP contribution in [-0.2, 0) is 11.3 Å². The lowest BCUT2D eigenvalue weighted by molar-refractivity contribution is -0.129. The zero-order chi connectivity index (χ0) is 18.1. The van der Waals surface area contributed by atoms with Crippen LogP contribution >= 0.6 is 0 Å². The first-order valence-corrected chi connectivity index (χ1v) is 8.24. The topological polar surface area (TPSA) is 79.8 Å². The number of ether oxygens (including phenoxy) is 2. The molecule has 0 spiro atoms. The number of methoxy groups -OCH3 is 1. The molecule has 2 rings (SSSR count). The summed E-state index contributed by atoms with van der Waals surface area (Å²) in [6.07, 6.45) is 0.805. The Morgan fingerprint density at radius 3 is 2.44 bits per heavy atom. The SMILES string of the molecule is CCCC(Oc1ccc(OC)cc1)C(=O)NNCc1ccccc1O. The maximum Gasteiger partial charge on any atom is 0.275 e. The minimum Gasteiger partial charge on any atom is -0.508 e. The largest absolute Gasteiger partial charge is 0.508 e. The summed E-state index contributed by atoms with van der Waals surface area (Å²) in [5, 5.41) is 9.72. The van der Waals surface area contributed by atoms with Gasteiger partial charge in [-0.2, -0.15) is 0 Å². The Bertz CT molecular complexity index is 673. The first-order chi connectivity index (χ1) is 12.1. The van der Waals surface area contributed by atoms with E-state index in [2.05, 4.69) is 10.9 Å². The van der Waals surface area contributed by atoms with E-state index in [9.17, 15) is 9.90 Å². The molecule has 6 nitrogen and oxygen atoms in total. The van der Waals surface area contributed by atoms with Crippen LogP contribution in [0.5, 0.6) is 17.2 Å². The molecule has 3 N–H and O–H groups in total. The van der Waals surface area contributed by atoms with Crippen molar-refractivity contribution in [2.75, 3.05) is 7.11 Å². The molecule has 6 heteroatoms. The number of para-hydroxylation sites is 1. The van der Waals surface area contributed by atoms with Gasteiger partial charge in [0.15, 0.2) is 6.10 Å². The third-order valence-electron chi connectivity index (χ3n) is 3.66. The highest BCUT2D eigenvalue weighted by atomic mass is 16.5. The average Bonchev–Trinajstić information content (AvgIpc) is 2.63. The Labute approximate surface area is 147 Å². The monoisotopic (exact) mass is 344 g/mol. The Morgan fingerprint density at radius 2 is 1.80 bits per heavy atom. The number of phenols is 1. The predicted molar refractivity (Wildman–Crippen MR) is 95.4 cm³/mol. The summed E-state index contributed by atoms with van der Waals surface area (Å²) in [4.78, 5) is 12.3. The van der Waals surface area contributed by atoms with Gasteiger partial charge in [-0.15, -0.1) is 0 Å². The number of amides is 1. The van der Waals surface area contributed by atoms with E-state index in [1.54, 1.807) is 49.6 Å². The molecule has 0 heterocycles. The van der Waals surface area contributed by atoms with Crippen LogP contribution in [0.4, 0.5) is 0 Å². The molecule has 0 aliphatic heterocycles. The first-order valence-electron chi connectivity index (χ1n) is 8.24. The lowest BCUT2D eigenvalue weighted by Gasteiger charge is -2.19. The molecule has 0 aromatic heterocycles. The van der Waals surface area contributed by atoms with Crippen LogP contribution in [-0.4, -0.2) is 24.2 Å². The van der Waals surface area contributed by atoms with Crippen molar-refractivity contribution >= 4 is 5.91 Å². The molecule has 2 aromatic rings. The zero-order valence-corrected chi connectivity index (χ0v) is 14.5. The van der Waals surface area contributed by atoms with Crippen molar-refractivity contribution in [3.8, 4) is 17.2 Å². The number of aromatic hydroxyl groups is 1. The number of benzene rings is 2. The molecule has 0 aliphatic rings. The summed E-state index contributed by atoms with van der Waals surface area (Å²) in [5.74, 6) is 1.26. The fourth-order valence-corrected chi connectivity index (χ4v) is 2.29. The third-order valence-corrected chi connectivity index (χ3v) is 3.66. The molecule has 0 aliphatic carbocycles. The third kappa shape index (κ3) is 5.69. The predicted octanol–water partition coefficient (Wildman–Crippen LogP) is 2.77. The molecule has 1 amide bonds. The number of hydrogen-bond acceptors (Lipinski definition) is 5. The second-order valence-electron chi connectivity index (χ2n) is 5.54. The van der Waals surface area contributed by atoms with Crippen molar-refractivity contribution in [1.82, 2.24) is 10.9 Å². The van der Waals surface area contributed by atoms with Gasteiger partial charge >= 0.3 is 0 Å². The lowest BCUT2D eigenvalue weighted by atomic mass is 10.2. The molecule has 2 aromatic carbocycles. The van der Waals surface area contributed by atoms with Crippen molar-refractivity contribution in [1.29, 1.82) is 0 Å². The fourth-order valence-electron chi connectivity index (χ4n) is 2.29. The highest BCUT2D eigenvalue weighted by molar-refractivity contribution is 5.80. The Hall–Kier alpha value is -2.73. The molecule has 0 fully saturated rings. The van der Waals surface area contributed by atoms with E-state index in [4.69, 9.17) is 9.47 Å². The van der Waals surface area contributed by atoms with E-state index in [0.717, 1.165) is 12.2 Å². The standard InChI is InChI=1S/C19H24N2O4/c1-3-6-18(25-16-11-9-15(24-2)10-12-16)19(23)21-20-13-14-7-4-5-8-17(14)22/h4-5,7-12,18,20,22H,3,6,13H2,1-2H3,(H,21,23). The average molecular weight is 344 g/mol. The maximum atomic E-state index is 12.3. The summed E-state index contributed by atoms with van der Waals surface area (Å²) in [5.41, 5.74) is 6.16. The number of hydrogen-bond donors (Lipinski definition) is 3. The quantitative estimate of drug-likeness (QED) is 0.610. The smallest absolute Gasteiger partial charge is 0.275 e. The molecular weight excluding hydrogens is 320 g/mol. The minimum atomic E-state index is -0.602. The van der Waals surface area contributed by atoms with Gasteiger partial charge in [-0.25, -0.2) is 5.43 Å². The lowest BCUT2D eigenvalue weighted by Crippen LogP contribution is -2.45. The molecular formula is C19H24N2O4. The van der Waals surface area contributed by atoms with E-state index >= 15 is 0 Å². The van der Waals surface area contributed by atoms with Gasteiger partial charge in [0, 0.05) is 12.1 Å². The summed E-state index contributed by atoms with van der Waals surface area (Å²) < 4.78 is 10.9. The van der Waals surface area contributed by atoms with Crippen molar-refractivity contribution < 1.29 is 19.4 Å². The first kappa shape index (κ1) is 18.6. The van der Waals surface area contributed by atoms with Crippen LogP contribution in [0.15, 0.2) is 48.5 Å². The molecule has 1 atom stereocenters. The van der Waals surface area contributed by atoms with Gasteiger partial charge < -0.3 is 14.6 Å². The second kappa shape index (κ2) is 9.54. The number of rotatable bonds is 9. The molecule has 0 bridgehead atoms. The summed E-state index contributed by atoms with van der Waals surface area (Å²) in [6.45, 7) is 2.31. The highest BCUT2D eigenvalue weighted by Crippen LogP contribution is 2.19. The summed E-state index contributed by atoms with van der Waals surface area (Å²) >= 11 is 0. The summed E-state index contributed by atoms with van der Waals surface area (Å²) in [6, 6.07) is 14.1. The van der Waals surface area contributed by atoms with Crippen molar-refractivity contribution in [3.05, 3.63) is 54.1 Å². The van der Waals surface area contributed by atoms with Gasteiger partial charge in [0.05, 0.1) is 7.11 Å². The second-order valence-corrected chi connectivity index (χ2v) is 5.54. The van der Waals surface area contributed by atoms with Crippen LogP contribution in [0.25, 0.3) is 0 Å². The van der Waals surface area contributed by atoms with Crippen molar-refractivity contribution in [2.45, 2.75) is 32.4 Å². The maximum absolute atomic E-state index is 12.3. The number of nitrogens with one attached hydrogen (secondary N) is 2. The van der Waals surface area contributed by atoms with Crippen LogP contribution in [0.1, 0.15) is 25.3 Å². The van der Waals surface area contributed by atoms with E-state index < -0.39 is 6.10 Å². The van der Waals surface area contributed by atoms with Gasteiger partial charge in [-0.3, -0.25) is 10.2 Å². The van der Waals surface area contributed by atoms with Crippen molar-refractivity contribution in [3.63, 3.8) is 0 Å². The molecule has 0 radical (unpaired) electrons. The Balaban J connectivity index is 1.89. The van der Waals surface area contributed by atoms with Crippen LogP contribution in [0.2, 0.25) is 0 Å². The van der Waals surface area contributed by atoms with Crippen LogP contribution in [0.3, 0.4) is 0 Å². The normalized spacial score (nSPS) is 11.6. The van der Waals surface area contributed by atoms with Gasteiger partial charge in [-0.1, -0.05) is 31.5 Å². The molecule has 0 saturated carbocycles. The van der Waals surface area contributed by atoms with E-state index in [1.807, 2.05) is 13.0 Å². The fraction of sp³-hybridized carbons (Fsp3) is 0.316. The Kier molecular flexibility index (Phi) is 7.10. The van der Waals surface area contributed by atoms with Gasteiger partial charge in [0.2, 0.25) is 0 Å². The number of hydrazine groups is 1. The van der Waals surface area contributed by atoms with E-state index in [1.165, 1.54) is 0 Å². The summed E-state index contributed by atoms with van der Waals surface area (Å²) in [7, 11) is 1.60. The number of carbonyl (C=O) groups is 1. The van der Waals surface area contributed by atoms with E-state index in [0.29, 0.717) is 24.3 Å². The molecule has 25 heavy (non-hydrogen) atoms. The van der Waals surface area contributed by atoms with Gasteiger partial charge in [0.25, 0.3) is 5.91 Å². The highest BCUT2D eigenvalue weighted by Gasteiger charge is 2.19. The zero-order valence-electron chi connectivity index (χ0n) is 14.5. The van der Waals surface area contributed by atoms with Crippen LogP contribution in [0, 0.1) is 0 Å². The Morgan fingerprint density at radius 1 is 1.12 bits per heavy atom.